The van der Waals surface area contributed by atoms with Crippen LogP contribution in [0.5, 0.6) is 0 Å². The van der Waals surface area contributed by atoms with E-state index in [4.69, 9.17) is 4.98 Å². The van der Waals surface area contributed by atoms with Crippen LogP contribution in [0, 0.1) is 6.92 Å². The monoisotopic (exact) mass is 444 g/mol. The van der Waals surface area contributed by atoms with Crippen LogP contribution in [-0.4, -0.2) is 56.9 Å². The third-order valence-corrected chi connectivity index (χ3v) is 6.73. The van der Waals surface area contributed by atoms with Crippen molar-refractivity contribution in [1.29, 1.82) is 0 Å². The lowest BCUT2D eigenvalue weighted by atomic mass is 10.0. The molecule has 0 saturated carbocycles. The largest absolute Gasteiger partial charge is 0.355 e. The summed E-state index contributed by atoms with van der Waals surface area (Å²) in [4.78, 5) is 36.0. The maximum Gasteiger partial charge on any atom is 0.327 e. The van der Waals surface area contributed by atoms with Gasteiger partial charge >= 0.3 is 5.69 Å². The van der Waals surface area contributed by atoms with E-state index in [9.17, 15) is 4.79 Å². The van der Waals surface area contributed by atoms with Crippen molar-refractivity contribution < 1.29 is 0 Å². The molecule has 0 amide bonds. The molecule has 0 radical (unpaired) electrons. The normalized spacial score (nSPS) is 15.2. The number of anilines is 1. The highest BCUT2D eigenvalue weighted by Gasteiger charge is 2.27. The van der Waals surface area contributed by atoms with Gasteiger partial charge in [-0.2, -0.15) is 5.10 Å². The zero-order valence-electron chi connectivity index (χ0n) is 18.7. The average molecular weight is 445 g/mol. The number of H-pyrrole nitrogens is 1. The molecule has 1 N–H and O–H groups in total. The van der Waals surface area contributed by atoms with E-state index < -0.39 is 0 Å². The number of hydrogen-bond donors (Lipinski definition) is 1. The van der Waals surface area contributed by atoms with Crippen molar-refractivity contribution in [3.05, 3.63) is 47.0 Å². The first-order valence-electron chi connectivity index (χ1n) is 11.0. The molecule has 33 heavy (non-hydrogen) atoms. The second-order valence-electron chi connectivity index (χ2n) is 8.52. The van der Waals surface area contributed by atoms with Crippen molar-refractivity contribution in [3.63, 3.8) is 0 Å². The number of piperidine rings is 1. The van der Waals surface area contributed by atoms with Crippen molar-refractivity contribution in [2.45, 2.75) is 25.8 Å². The van der Waals surface area contributed by atoms with Gasteiger partial charge in [0.25, 0.3) is 0 Å². The molecular formula is C22H24N10O. The molecular weight excluding hydrogens is 420 g/mol. The maximum atomic E-state index is 12.6. The van der Waals surface area contributed by atoms with Gasteiger partial charge in [-0.15, -0.1) is 0 Å². The first-order valence-corrected chi connectivity index (χ1v) is 11.0. The van der Waals surface area contributed by atoms with Crippen LogP contribution in [0.3, 0.4) is 0 Å². The van der Waals surface area contributed by atoms with Crippen LogP contribution < -0.4 is 10.6 Å². The summed E-state index contributed by atoms with van der Waals surface area (Å²) in [5.74, 6) is 1.65. The van der Waals surface area contributed by atoms with Crippen LogP contribution in [-0.2, 0) is 14.1 Å². The summed E-state index contributed by atoms with van der Waals surface area (Å²) in [5.41, 5.74) is 4.98. The molecule has 0 bridgehead atoms. The minimum atomic E-state index is -0.104. The number of imidazole rings is 2. The molecule has 6 heterocycles. The molecule has 11 heteroatoms. The fourth-order valence-corrected chi connectivity index (χ4v) is 4.83. The van der Waals surface area contributed by atoms with Crippen molar-refractivity contribution in [3.8, 4) is 11.4 Å². The number of nitrogens with one attached hydrogen (secondary N) is 1. The summed E-state index contributed by atoms with van der Waals surface area (Å²) < 4.78 is 5.68. The number of fused-ring (bicyclic) bond motifs is 2. The molecule has 5 aromatic heterocycles. The molecule has 1 aliphatic heterocycles. The lowest BCUT2D eigenvalue weighted by Crippen LogP contribution is -2.37. The van der Waals surface area contributed by atoms with Gasteiger partial charge in [-0.25, -0.2) is 24.7 Å². The van der Waals surface area contributed by atoms with Crippen LogP contribution in [0.2, 0.25) is 0 Å². The van der Waals surface area contributed by atoms with E-state index in [0.717, 1.165) is 65.5 Å². The van der Waals surface area contributed by atoms with Crippen molar-refractivity contribution >= 4 is 28.1 Å². The van der Waals surface area contributed by atoms with E-state index in [1.807, 2.05) is 53.2 Å². The number of aromatic amines is 1. The zero-order valence-corrected chi connectivity index (χ0v) is 18.7. The molecule has 0 atom stereocenters. The number of nitrogens with zero attached hydrogens (tertiary/aromatic N) is 9. The average Bonchev–Trinajstić information content (AvgIpc) is 3.46. The van der Waals surface area contributed by atoms with Crippen molar-refractivity contribution in [1.82, 2.24) is 43.8 Å². The quantitative estimate of drug-likeness (QED) is 0.452. The third-order valence-electron chi connectivity index (χ3n) is 6.73. The number of rotatable bonds is 3. The van der Waals surface area contributed by atoms with Gasteiger partial charge in [0.05, 0.1) is 17.3 Å². The molecule has 5 aromatic rings. The molecule has 1 aliphatic rings. The van der Waals surface area contributed by atoms with Gasteiger partial charge < -0.3 is 9.47 Å². The molecule has 168 valence electrons. The number of aromatic nitrogens is 9. The summed E-state index contributed by atoms with van der Waals surface area (Å²) in [6.07, 6.45) is 6.78. The first kappa shape index (κ1) is 19.6. The lowest BCUT2D eigenvalue weighted by molar-refractivity contribution is 0.395. The van der Waals surface area contributed by atoms with Crippen LogP contribution in [0.15, 0.2) is 35.6 Å². The highest BCUT2D eigenvalue weighted by molar-refractivity contribution is 5.87. The van der Waals surface area contributed by atoms with Crippen LogP contribution in [0.25, 0.3) is 33.7 Å². The lowest BCUT2D eigenvalue weighted by Gasteiger charge is -2.33. The SMILES string of the molecule is Cc1c(-c2nc3c(N4CCC(n5c(=O)[nH]c6ncccc65)CC4)ncnc3n2C)cnn1C. The van der Waals surface area contributed by atoms with Crippen molar-refractivity contribution in [2.24, 2.45) is 14.1 Å². The molecule has 11 nitrogen and oxygen atoms in total. The fourth-order valence-electron chi connectivity index (χ4n) is 4.83. The Morgan fingerprint density at radius 1 is 1.12 bits per heavy atom. The van der Waals surface area contributed by atoms with E-state index in [1.54, 1.807) is 12.5 Å². The Morgan fingerprint density at radius 2 is 1.94 bits per heavy atom. The van der Waals surface area contributed by atoms with E-state index in [2.05, 4.69) is 29.9 Å². The molecule has 0 spiro atoms. The summed E-state index contributed by atoms with van der Waals surface area (Å²) >= 11 is 0. The van der Waals surface area contributed by atoms with E-state index in [0.29, 0.717) is 5.65 Å². The Hall–Kier alpha value is -4.02. The molecule has 1 fully saturated rings. The van der Waals surface area contributed by atoms with Gasteiger partial charge in [0.15, 0.2) is 22.6 Å². The number of hydrogen-bond acceptors (Lipinski definition) is 7. The summed E-state index contributed by atoms with van der Waals surface area (Å²) in [5, 5.41) is 4.36. The van der Waals surface area contributed by atoms with Gasteiger partial charge in [-0.05, 0) is 31.9 Å². The standard InChI is InChI=1S/C22H24N10O/c1-13-15(11-26-30(13)3)19-27-17-20(29(19)2)24-12-25-21(17)31-9-6-14(7-10-31)32-16-5-4-8-23-18(16)28-22(32)33/h4-5,8,11-12,14H,6-7,9-10H2,1-3H3,(H,23,28,33). The Labute approximate surface area is 188 Å². The van der Waals surface area contributed by atoms with Crippen LogP contribution in [0.4, 0.5) is 5.82 Å². The molecule has 6 rings (SSSR count). The Kier molecular flexibility index (Phi) is 4.32. The molecule has 0 aliphatic carbocycles. The van der Waals surface area contributed by atoms with Gasteiger partial charge in [-0.1, -0.05) is 0 Å². The molecule has 1 saturated heterocycles. The summed E-state index contributed by atoms with van der Waals surface area (Å²) in [7, 11) is 3.89. The van der Waals surface area contributed by atoms with Crippen LogP contribution in [0.1, 0.15) is 24.6 Å². The van der Waals surface area contributed by atoms with Gasteiger partial charge in [-0.3, -0.25) is 14.2 Å². The number of aryl methyl sites for hydroxylation is 2. The van der Waals surface area contributed by atoms with Gasteiger partial charge in [0.1, 0.15) is 12.2 Å². The topological polar surface area (TPSA) is 115 Å². The Balaban J connectivity index is 1.33. The summed E-state index contributed by atoms with van der Waals surface area (Å²) in [6, 6.07) is 3.92. The minimum absolute atomic E-state index is 0.104. The minimum Gasteiger partial charge on any atom is -0.355 e. The molecule has 0 aromatic carbocycles. The van der Waals surface area contributed by atoms with E-state index in [-0.39, 0.29) is 11.7 Å². The van der Waals surface area contributed by atoms with Crippen molar-refractivity contribution in [2.75, 3.05) is 18.0 Å². The Bertz CT molecular complexity index is 1550. The third kappa shape index (κ3) is 2.95. The zero-order chi connectivity index (χ0) is 22.7. The second-order valence-corrected chi connectivity index (χ2v) is 8.52. The predicted molar refractivity (Wildman–Crippen MR) is 124 cm³/mol. The Morgan fingerprint density at radius 3 is 2.70 bits per heavy atom. The summed E-state index contributed by atoms with van der Waals surface area (Å²) in [6.45, 7) is 3.57. The fraction of sp³-hybridized carbons (Fsp3) is 0.364. The maximum absolute atomic E-state index is 12.6. The molecule has 0 unspecified atom stereocenters. The second kappa shape index (κ2) is 7.26. The number of pyridine rings is 1. The highest BCUT2D eigenvalue weighted by atomic mass is 16.1. The van der Waals surface area contributed by atoms with Gasteiger partial charge in [0, 0.05) is 45.1 Å². The predicted octanol–water partition coefficient (Wildman–Crippen LogP) is 1.95. The first-order chi connectivity index (χ1) is 16.0. The highest BCUT2D eigenvalue weighted by Crippen LogP contribution is 2.32. The van der Waals surface area contributed by atoms with E-state index >= 15 is 0 Å². The van der Waals surface area contributed by atoms with Gasteiger partial charge in [0.2, 0.25) is 0 Å². The smallest absolute Gasteiger partial charge is 0.327 e. The van der Waals surface area contributed by atoms with Crippen LogP contribution >= 0.6 is 0 Å². The van der Waals surface area contributed by atoms with E-state index in [1.165, 1.54) is 0 Å².